The van der Waals surface area contributed by atoms with E-state index < -0.39 is 29.2 Å². The fraction of sp³-hybridized carbons (Fsp3) is 0.125. The van der Waals surface area contributed by atoms with E-state index in [1.165, 1.54) is 6.07 Å². The molecular weight excluding hydrogens is 289 g/mol. The van der Waals surface area contributed by atoms with Crippen LogP contribution >= 0.6 is 0 Å². The number of carbonyl (C=O) groups excluding carboxylic acids is 1. The highest BCUT2D eigenvalue weighted by molar-refractivity contribution is 5.73. The van der Waals surface area contributed by atoms with Crippen molar-refractivity contribution in [2.24, 2.45) is 0 Å². The van der Waals surface area contributed by atoms with Crippen molar-refractivity contribution in [3.05, 3.63) is 58.9 Å². The molecule has 0 saturated carbocycles. The number of rotatable bonds is 4. The summed E-state index contributed by atoms with van der Waals surface area (Å²) < 4.78 is 18.9. The maximum atomic E-state index is 13.6. The third-order valence-corrected chi connectivity index (χ3v) is 3.08. The first kappa shape index (κ1) is 15.3. The van der Waals surface area contributed by atoms with Crippen molar-refractivity contribution >= 4 is 5.97 Å². The summed E-state index contributed by atoms with van der Waals surface area (Å²) in [4.78, 5) is 11.4. The number of hydrogen-bond acceptors (Lipinski definition) is 5. The third-order valence-electron chi connectivity index (χ3n) is 3.08. The zero-order chi connectivity index (χ0) is 16.3. The molecule has 0 spiro atoms. The van der Waals surface area contributed by atoms with Crippen LogP contribution in [-0.4, -0.2) is 11.1 Å². The molecule has 6 heteroatoms. The van der Waals surface area contributed by atoms with E-state index in [9.17, 15) is 19.4 Å². The molecule has 1 unspecified atom stereocenters. The van der Waals surface area contributed by atoms with Crippen LogP contribution in [0.5, 0.6) is 11.5 Å². The highest BCUT2D eigenvalue weighted by atomic mass is 19.1. The van der Waals surface area contributed by atoms with Crippen molar-refractivity contribution in [3.8, 4) is 17.6 Å². The predicted octanol–water partition coefficient (Wildman–Crippen LogP) is 1.58. The SMILES string of the molecule is Cc1ccccc1C(Oc1cc(O)cc(F)c1C#N)C(=O)[O-]. The lowest BCUT2D eigenvalue weighted by Gasteiger charge is -2.22. The molecule has 0 aliphatic heterocycles. The smallest absolute Gasteiger partial charge is 0.163 e. The molecule has 0 radical (unpaired) electrons. The summed E-state index contributed by atoms with van der Waals surface area (Å²) >= 11 is 0. The Hall–Kier alpha value is -3.07. The lowest BCUT2D eigenvalue weighted by Crippen LogP contribution is -2.33. The number of carboxylic acids is 1. The average molecular weight is 300 g/mol. The maximum absolute atomic E-state index is 13.6. The third kappa shape index (κ3) is 2.99. The van der Waals surface area contributed by atoms with E-state index in [1.54, 1.807) is 31.2 Å². The molecule has 0 aliphatic rings. The molecule has 0 fully saturated rings. The van der Waals surface area contributed by atoms with Crippen LogP contribution in [-0.2, 0) is 4.79 Å². The Morgan fingerprint density at radius 2 is 2.09 bits per heavy atom. The first-order valence-electron chi connectivity index (χ1n) is 6.29. The van der Waals surface area contributed by atoms with Crippen LogP contribution < -0.4 is 9.84 Å². The quantitative estimate of drug-likeness (QED) is 0.925. The van der Waals surface area contributed by atoms with E-state index >= 15 is 0 Å². The van der Waals surface area contributed by atoms with Crippen LogP contribution in [0.2, 0.25) is 0 Å². The van der Waals surface area contributed by atoms with Crippen LogP contribution in [0.3, 0.4) is 0 Å². The van der Waals surface area contributed by atoms with Gasteiger partial charge >= 0.3 is 0 Å². The van der Waals surface area contributed by atoms with E-state index in [0.717, 1.165) is 12.1 Å². The Labute approximate surface area is 125 Å². The number of nitrogens with zero attached hydrogens (tertiary/aromatic N) is 1. The molecule has 1 N–H and O–H groups in total. The van der Waals surface area contributed by atoms with Gasteiger partial charge in [0.05, 0.1) is 5.97 Å². The summed E-state index contributed by atoms with van der Waals surface area (Å²) in [6, 6.07) is 9.86. The second-order valence-corrected chi connectivity index (χ2v) is 4.59. The lowest BCUT2D eigenvalue weighted by molar-refractivity contribution is -0.314. The number of ether oxygens (including phenoxy) is 1. The minimum absolute atomic E-state index is 0.315. The fourth-order valence-corrected chi connectivity index (χ4v) is 2.02. The van der Waals surface area contributed by atoms with Crippen molar-refractivity contribution in [1.82, 2.24) is 0 Å². The first-order chi connectivity index (χ1) is 10.4. The minimum atomic E-state index is -1.54. The van der Waals surface area contributed by atoms with E-state index in [0.29, 0.717) is 11.1 Å². The topological polar surface area (TPSA) is 93.4 Å². The van der Waals surface area contributed by atoms with Gasteiger partial charge in [-0.3, -0.25) is 0 Å². The molecule has 22 heavy (non-hydrogen) atoms. The number of phenolic OH excluding ortho intramolecular Hbond substituents is 1. The molecular formula is C16H11FNO4-. The molecule has 2 rings (SSSR count). The standard InChI is InChI=1S/C16H12FNO4/c1-9-4-2-3-5-11(9)15(16(20)21)22-14-7-10(19)6-13(17)12(14)8-18/h2-7,15,19H,1H3,(H,20,21)/p-1. The summed E-state index contributed by atoms with van der Waals surface area (Å²) in [5.41, 5.74) is 0.462. The van der Waals surface area contributed by atoms with Crippen LogP contribution in [0.1, 0.15) is 22.8 Å². The minimum Gasteiger partial charge on any atom is -0.546 e. The highest BCUT2D eigenvalue weighted by Crippen LogP contribution is 2.31. The summed E-state index contributed by atoms with van der Waals surface area (Å²) in [5, 5.41) is 29.7. The zero-order valence-corrected chi connectivity index (χ0v) is 11.5. The number of carboxylic acid groups (broad SMARTS) is 1. The Balaban J connectivity index is 2.49. The molecule has 2 aromatic rings. The summed E-state index contributed by atoms with van der Waals surface area (Å²) in [5.74, 6) is -3.38. The van der Waals surface area contributed by atoms with Gasteiger partial charge in [0.25, 0.3) is 0 Å². The molecule has 112 valence electrons. The number of carbonyl (C=O) groups is 1. The average Bonchev–Trinajstić information content (AvgIpc) is 2.45. The number of benzene rings is 2. The molecule has 5 nitrogen and oxygen atoms in total. The molecule has 0 aromatic heterocycles. The molecule has 0 aliphatic carbocycles. The monoisotopic (exact) mass is 300 g/mol. The maximum Gasteiger partial charge on any atom is 0.163 e. The lowest BCUT2D eigenvalue weighted by atomic mass is 10.0. The van der Waals surface area contributed by atoms with E-state index in [4.69, 9.17) is 10.00 Å². The van der Waals surface area contributed by atoms with Gasteiger partial charge in [-0.1, -0.05) is 24.3 Å². The van der Waals surface area contributed by atoms with Crippen LogP contribution in [0.25, 0.3) is 0 Å². The van der Waals surface area contributed by atoms with Crippen molar-refractivity contribution < 1.29 is 24.1 Å². The normalized spacial score (nSPS) is 11.5. The van der Waals surface area contributed by atoms with Gasteiger partial charge in [0.2, 0.25) is 0 Å². The number of phenols is 1. The number of aryl methyl sites for hydroxylation is 1. The van der Waals surface area contributed by atoms with Crippen LogP contribution in [0, 0.1) is 24.1 Å². The van der Waals surface area contributed by atoms with Gasteiger partial charge in [-0.05, 0) is 12.5 Å². The number of nitriles is 1. The van der Waals surface area contributed by atoms with E-state index in [-0.39, 0.29) is 5.75 Å². The first-order valence-corrected chi connectivity index (χ1v) is 6.29. The molecule has 1 atom stereocenters. The summed E-state index contributed by atoms with van der Waals surface area (Å²) in [7, 11) is 0. The predicted molar refractivity (Wildman–Crippen MR) is 72.3 cm³/mol. The summed E-state index contributed by atoms with van der Waals surface area (Å²) in [6.07, 6.45) is -1.53. The van der Waals surface area contributed by atoms with E-state index in [2.05, 4.69) is 0 Å². The number of hydrogen-bond donors (Lipinski definition) is 1. The highest BCUT2D eigenvalue weighted by Gasteiger charge is 2.20. The fourth-order valence-electron chi connectivity index (χ4n) is 2.02. The van der Waals surface area contributed by atoms with Gasteiger partial charge in [0.1, 0.15) is 28.9 Å². The Morgan fingerprint density at radius 3 is 2.68 bits per heavy atom. The van der Waals surface area contributed by atoms with Crippen molar-refractivity contribution in [2.45, 2.75) is 13.0 Å². The van der Waals surface area contributed by atoms with Gasteiger partial charge in [-0.15, -0.1) is 0 Å². The number of halogens is 1. The number of aromatic hydroxyl groups is 1. The van der Waals surface area contributed by atoms with E-state index in [1.807, 2.05) is 0 Å². The van der Waals surface area contributed by atoms with Gasteiger partial charge in [-0.2, -0.15) is 5.26 Å². The Bertz CT molecular complexity index is 767. The van der Waals surface area contributed by atoms with Gasteiger partial charge in [0, 0.05) is 17.7 Å². The molecule has 0 heterocycles. The van der Waals surface area contributed by atoms with Crippen molar-refractivity contribution in [1.29, 1.82) is 5.26 Å². The van der Waals surface area contributed by atoms with Gasteiger partial charge in [-0.25, -0.2) is 4.39 Å². The number of aliphatic carboxylic acids is 1. The second kappa shape index (κ2) is 6.14. The molecule has 0 bridgehead atoms. The molecule has 2 aromatic carbocycles. The van der Waals surface area contributed by atoms with Gasteiger partial charge < -0.3 is 19.7 Å². The largest absolute Gasteiger partial charge is 0.546 e. The summed E-state index contributed by atoms with van der Waals surface area (Å²) in [6.45, 7) is 1.68. The molecule has 0 saturated heterocycles. The van der Waals surface area contributed by atoms with Gasteiger partial charge in [0.15, 0.2) is 6.10 Å². The second-order valence-electron chi connectivity index (χ2n) is 4.59. The van der Waals surface area contributed by atoms with Crippen molar-refractivity contribution in [3.63, 3.8) is 0 Å². The zero-order valence-electron chi connectivity index (χ0n) is 11.5. The Morgan fingerprint density at radius 1 is 1.41 bits per heavy atom. The van der Waals surface area contributed by atoms with Crippen molar-refractivity contribution in [2.75, 3.05) is 0 Å². The van der Waals surface area contributed by atoms with Crippen LogP contribution in [0.15, 0.2) is 36.4 Å². The molecule has 0 amide bonds. The Kier molecular flexibility index (Phi) is 4.28. The van der Waals surface area contributed by atoms with Crippen LogP contribution in [0.4, 0.5) is 4.39 Å².